The molecule has 0 saturated carbocycles. The maximum Gasteiger partial charge on any atom is 0.251 e. The van der Waals surface area contributed by atoms with Crippen LogP contribution in [0, 0.1) is 0 Å². The Morgan fingerprint density at radius 2 is 1.85 bits per heavy atom. The molecular formula is C22H30N4O. The van der Waals surface area contributed by atoms with Crippen LogP contribution in [0.5, 0.6) is 0 Å². The van der Waals surface area contributed by atoms with Gasteiger partial charge in [0.2, 0.25) is 0 Å². The average Bonchev–Trinajstić information content (AvgIpc) is 2.72. The Morgan fingerprint density at radius 1 is 1.07 bits per heavy atom. The summed E-state index contributed by atoms with van der Waals surface area (Å²) in [5, 5.41) is 9.32. The molecule has 2 aromatic carbocycles. The highest BCUT2D eigenvalue weighted by Crippen LogP contribution is 2.14. The second kappa shape index (κ2) is 11.0. The molecule has 0 aliphatic heterocycles. The lowest BCUT2D eigenvalue weighted by atomic mass is 10.0. The Labute approximate surface area is 162 Å². The molecule has 27 heavy (non-hydrogen) atoms. The van der Waals surface area contributed by atoms with Gasteiger partial charge in [0.1, 0.15) is 0 Å². The monoisotopic (exact) mass is 366 g/mol. The maximum absolute atomic E-state index is 11.7. The lowest BCUT2D eigenvalue weighted by Gasteiger charge is -2.14. The van der Waals surface area contributed by atoms with Crippen LogP contribution in [-0.2, 0) is 6.42 Å². The lowest BCUT2D eigenvalue weighted by molar-refractivity contribution is 0.0963. The smallest absolute Gasteiger partial charge is 0.251 e. The van der Waals surface area contributed by atoms with Crippen molar-refractivity contribution in [2.45, 2.75) is 26.2 Å². The molecular weight excluding hydrogens is 336 g/mol. The molecule has 1 amide bonds. The first-order chi connectivity index (χ1) is 13.1. The fourth-order valence-corrected chi connectivity index (χ4v) is 2.79. The molecule has 0 spiro atoms. The van der Waals surface area contributed by atoms with Crippen LogP contribution in [0.25, 0.3) is 0 Å². The van der Waals surface area contributed by atoms with E-state index in [4.69, 9.17) is 4.99 Å². The van der Waals surface area contributed by atoms with Gasteiger partial charge in [0, 0.05) is 38.2 Å². The first-order valence-corrected chi connectivity index (χ1v) is 9.52. The Bertz CT molecular complexity index is 743. The van der Waals surface area contributed by atoms with E-state index < -0.39 is 0 Å². The van der Waals surface area contributed by atoms with Crippen LogP contribution in [-0.4, -0.2) is 38.5 Å². The third-order valence-electron chi connectivity index (χ3n) is 4.36. The lowest BCUT2D eigenvalue weighted by Crippen LogP contribution is -2.38. The number of carbonyl (C=O) groups is 1. The van der Waals surface area contributed by atoms with Crippen molar-refractivity contribution in [1.82, 2.24) is 16.0 Å². The Kier molecular flexibility index (Phi) is 8.36. The minimum atomic E-state index is -0.0605. The number of carbonyl (C=O) groups excluding carboxylic acids is 1. The molecule has 0 aliphatic carbocycles. The largest absolute Gasteiger partial charge is 0.357 e. The molecule has 2 aromatic rings. The summed E-state index contributed by atoms with van der Waals surface area (Å²) < 4.78 is 0. The normalized spacial score (nSPS) is 12.3. The van der Waals surface area contributed by atoms with E-state index in [9.17, 15) is 4.79 Å². The van der Waals surface area contributed by atoms with E-state index in [0.717, 1.165) is 37.6 Å². The van der Waals surface area contributed by atoms with Gasteiger partial charge in [-0.05, 0) is 36.6 Å². The fraction of sp³-hybridized carbons (Fsp3) is 0.364. The molecule has 5 nitrogen and oxygen atoms in total. The zero-order chi connectivity index (χ0) is 19.5. The molecule has 3 N–H and O–H groups in total. The number of hydrogen-bond acceptors (Lipinski definition) is 2. The molecule has 0 saturated heterocycles. The van der Waals surface area contributed by atoms with E-state index in [1.807, 2.05) is 30.3 Å². The van der Waals surface area contributed by atoms with E-state index in [0.29, 0.717) is 11.5 Å². The van der Waals surface area contributed by atoms with E-state index >= 15 is 0 Å². The number of guanidine groups is 1. The summed E-state index contributed by atoms with van der Waals surface area (Å²) in [6.07, 6.45) is 0.823. The van der Waals surface area contributed by atoms with Crippen molar-refractivity contribution in [1.29, 1.82) is 0 Å². The van der Waals surface area contributed by atoms with Crippen molar-refractivity contribution in [3.63, 3.8) is 0 Å². The highest BCUT2D eigenvalue weighted by molar-refractivity contribution is 5.94. The number of nitrogens with one attached hydrogen (secondary N) is 3. The van der Waals surface area contributed by atoms with Crippen LogP contribution in [0.15, 0.2) is 59.6 Å². The molecule has 0 aliphatic rings. The Balaban J connectivity index is 1.89. The number of nitrogens with zero attached hydrogens (tertiary/aromatic N) is 1. The SMILES string of the molecule is CCNC(=NCC(C)c1ccccc1)NCCc1cccc(C(=O)NC)c1. The van der Waals surface area contributed by atoms with Gasteiger partial charge in [0.15, 0.2) is 5.96 Å². The number of aliphatic imine (C=N–C) groups is 1. The molecule has 2 rings (SSSR count). The topological polar surface area (TPSA) is 65.5 Å². The first-order valence-electron chi connectivity index (χ1n) is 9.52. The van der Waals surface area contributed by atoms with Crippen LogP contribution in [0.3, 0.4) is 0 Å². The van der Waals surface area contributed by atoms with E-state index in [1.165, 1.54) is 5.56 Å². The van der Waals surface area contributed by atoms with Crippen molar-refractivity contribution >= 4 is 11.9 Å². The third-order valence-corrected chi connectivity index (χ3v) is 4.36. The van der Waals surface area contributed by atoms with Gasteiger partial charge in [0.05, 0.1) is 0 Å². The molecule has 0 heterocycles. The van der Waals surface area contributed by atoms with Gasteiger partial charge in [-0.25, -0.2) is 0 Å². The Hall–Kier alpha value is -2.82. The molecule has 1 atom stereocenters. The van der Waals surface area contributed by atoms with E-state index in [-0.39, 0.29) is 5.91 Å². The number of amides is 1. The minimum absolute atomic E-state index is 0.0605. The zero-order valence-corrected chi connectivity index (χ0v) is 16.5. The van der Waals surface area contributed by atoms with Crippen molar-refractivity contribution in [3.05, 3.63) is 71.3 Å². The van der Waals surface area contributed by atoms with Crippen LogP contribution in [0.2, 0.25) is 0 Å². The summed E-state index contributed by atoms with van der Waals surface area (Å²) in [5.74, 6) is 1.13. The van der Waals surface area contributed by atoms with Crippen LogP contribution in [0.4, 0.5) is 0 Å². The Morgan fingerprint density at radius 3 is 2.56 bits per heavy atom. The molecule has 5 heteroatoms. The van der Waals surface area contributed by atoms with Crippen molar-refractivity contribution in [3.8, 4) is 0 Å². The maximum atomic E-state index is 11.7. The molecule has 1 unspecified atom stereocenters. The third kappa shape index (κ3) is 6.77. The fourth-order valence-electron chi connectivity index (χ4n) is 2.79. The summed E-state index contributed by atoms with van der Waals surface area (Å²) in [6, 6.07) is 18.1. The van der Waals surface area contributed by atoms with Crippen LogP contribution in [0.1, 0.15) is 41.3 Å². The van der Waals surface area contributed by atoms with E-state index in [2.05, 4.69) is 54.1 Å². The standard InChI is InChI=1S/C22H30N4O/c1-4-24-22(26-16-17(2)19-10-6-5-7-11-19)25-14-13-18-9-8-12-20(15-18)21(27)23-3/h5-12,15,17H,4,13-14,16H2,1-3H3,(H,23,27)(H2,24,25,26). The van der Waals surface area contributed by atoms with E-state index in [1.54, 1.807) is 7.05 Å². The summed E-state index contributed by atoms with van der Waals surface area (Å²) in [6.45, 7) is 6.54. The second-order valence-electron chi connectivity index (χ2n) is 6.49. The van der Waals surface area contributed by atoms with Gasteiger partial charge in [-0.15, -0.1) is 0 Å². The molecule has 0 aromatic heterocycles. The average molecular weight is 367 g/mol. The minimum Gasteiger partial charge on any atom is -0.357 e. The first kappa shape index (κ1) is 20.5. The predicted molar refractivity (Wildman–Crippen MR) is 112 cm³/mol. The number of rotatable bonds is 8. The quantitative estimate of drug-likeness (QED) is 0.497. The van der Waals surface area contributed by atoms with Crippen molar-refractivity contribution in [2.24, 2.45) is 4.99 Å². The number of hydrogen-bond donors (Lipinski definition) is 3. The van der Waals surface area contributed by atoms with Gasteiger partial charge in [0.25, 0.3) is 5.91 Å². The van der Waals surface area contributed by atoms with Gasteiger partial charge in [-0.3, -0.25) is 9.79 Å². The van der Waals surface area contributed by atoms with Crippen molar-refractivity contribution in [2.75, 3.05) is 26.7 Å². The molecule has 144 valence electrons. The molecule has 0 fully saturated rings. The van der Waals surface area contributed by atoms with Gasteiger partial charge in [-0.2, -0.15) is 0 Å². The van der Waals surface area contributed by atoms with Gasteiger partial charge >= 0.3 is 0 Å². The second-order valence-corrected chi connectivity index (χ2v) is 6.49. The highest BCUT2D eigenvalue weighted by atomic mass is 16.1. The number of benzene rings is 2. The summed E-state index contributed by atoms with van der Waals surface area (Å²) >= 11 is 0. The van der Waals surface area contributed by atoms with Crippen molar-refractivity contribution < 1.29 is 4.79 Å². The zero-order valence-electron chi connectivity index (χ0n) is 16.5. The summed E-state index contributed by atoms with van der Waals surface area (Å²) in [4.78, 5) is 16.5. The highest BCUT2D eigenvalue weighted by Gasteiger charge is 2.06. The van der Waals surface area contributed by atoms with Crippen LogP contribution < -0.4 is 16.0 Å². The van der Waals surface area contributed by atoms with Crippen LogP contribution >= 0.6 is 0 Å². The predicted octanol–water partition coefficient (Wildman–Crippen LogP) is 2.95. The molecule has 0 bridgehead atoms. The summed E-state index contributed by atoms with van der Waals surface area (Å²) in [5.41, 5.74) is 3.10. The molecule has 0 radical (unpaired) electrons. The van der Waals surface area contributed by atoms with Gasteiger partial charge < -0.3 is 16.0 Å². The summed E-state index contributed by atoms with van der Waals surface area (Å²) in [7, 11) is 1.64. The van der Waals surface area contributed by atoms with Gasteiger partial charge in [-0.1, -0.05) is 49.4 Å².